The van der Waals surface area contributed by atoms with Gasteiger partial charge in [-0.3, -0.25) is 9.69 Å². The van der Waals surface area contributed by atoms with E-state index in [-0.39, 0.29) is 12.0 Å². The van der Waals surface area contributed by atoms with E-state index in [2.05, 4.69) is 14.9 Å². The Morgan fingerprint density at radius 2 is 2.37 bits per heavy atom. The molecule has 1 unspecified atom stereocenters. The van der Waals surface area contributed by atoms with Crippen molar-refractivity contribution in [3.63, 3.8) is 0 Å². The van der Waals surface area contributed by atoms with Gasteiger partial charge in [-0.15, -0.1) is 0 Å². The van der Waals surface area contributed by atoms with Crippen LogP contribution in [0.1, 0.15) is 36.3 Å². The number of hydrogen-bond donors (Lipinski definition) is 1. The lowest BCUT2D eigenvalue weighted by Crippen LogP contribution is -2.47. The number of piperidine rings is 1. The molecule has 1 aromatic rings. The van der Waals surface area contributed by atoms with Crippen LogP contribution >= 0.6 is 0 Å². The van der Waals surface area contributed by atoms with E-state index < -0.39 is 5.97 Å². The smallest absolute Gasteiger partial charge is 0.317 e. The van der Waals surface area contributed by atoms with Gasteiger partial charge in [0.1, 0.15) is 5.82 Å². The van der Waals surface area contributed by atoms with Crippen molar-refractivity contribution >= 4 is 5.97 Å². The van der Waals surface area contributed by atoms with Crippen LogP contribution in [0.15, 0.2) is 6.20 Å². The van der Waals surface area contributed by atoms with Gasteiger partial charge in [0.05, 0.1) is 12.2 Å². The average Bonchev–Trinajstić information content (AvgIpc) is 2.67. The number of aliphatic carboxylic acids is 1. The van der Waals surface area contributed by atoms with E-state index in [0.29, 0.717) is 0 Å². The summed E-state index contributed by atoms with van der Waals surface area (Å²) in [5.74, 6) is 0.0736. The molecule has 0 aromatic carbocycles. The highest BCUT2D eigenvalue weighted by molar-refractivity contribution is 5.69. The van der Waals surface area contributed by atoms with Gasteiger partial charge in [-0.05, 0) is 44.7 Å². The number of carbonyl (C=O) groups is 1. The molecule has 0 bridgehead atoms. The van der Waals surface area contributed by atoms with Gasteiger partial charge in [0.2, 0.25) is 0 Å². The summed E-state index contributed by atoms with van der Waals surface area (Å²) in [6, 6.07) is 0. The molecule has 1 N–H and O–H groups in total. The largest absolute Gasteiger partial charge is 0.480 e. The molecule has 5 heteroatoms. The fraction of sp³-hybridized carbons (Fsp3) is 0.643. The van der Waals surface area contributed by atoms with Gasteiger partial charge >= 0.3 is 5.97 Å². The summed E-state index contributed by atoms with van der Waals surface area (Å²) in [6.45, 7) is 3.77. The highest BCUT2D eigenvalue weighted by atomic mass is 16.4. The number of carboxylic acids is 1. The number of likely N-dealkylation sites (tertiary alicyclic amines) is 1. The third kappa shape index (κ3) is 2.23. The fourth-order valence-electron chi connectivity index (χ4n) is 3.58. The zero-order chi connectivity index (χ0) is 13.5. The Morgan fingerprint density at radius 3 is 3.16 bits per heavy atom. The molecule has 0 radical (unpaired) electrons. The molecule has 1 spiro atoms. The van der Waals surface area contributed by atoms with Gasteiger partial charge in [0.25, 0.3) is 0 Å². The van der Waals surface area contributed by atoms with Gasteiger partial charge in [-0.2, -0.15) is 0 Å². The summed E-state index contributed by atoms with van der Waals surface area (Å²) in [5, 5.41) is 8.97. The maximum atomic E-state index is 10.9. The van der Waals surface area contributed by atoms with Crippen LogP contribution in [0.25, 0.3) is 0 Å². The lowest BCUT2D eigenvalue weighted by Gasteiger charge is -2.39. The minimum atomic E-state index is -0.742. The number of aryl methyl sites for hydroxylation is 2. The SMILES string of the molecule is Cc1ncc2c(n1)C1(CCCN(CC(=O)O)C1)CC2. The van der Waals surface area contributed by atoms with Crippen LogP contribution in [0, 0.1) is 6.92 Å². The van der Waals surface area contributed by atoms with E-state index in [1.165, 1.54) is 11.3 Å². The van der Waals surface area contributed by atoms with Crippen molar-refractivity contribution in [3.05, 3.63) is 23.3 Å². The summed E-state index contributed by atoms with van der Waals surface area (Å²) < 4.78 is 0. The quantitative estimate of drug-likeness (QED) is 0.865. The van der Waals surface area contributed by atoms with E-state index in [1.54, 1.807) is 0 Å². The van der Waals surface area contributed by atoms with Crippen LogP contribution in [0.3, 0.4) is 0 Å². The third-order valence-corrected chi connectivity index (χ3v) is 4.38. The Labute approximate surface area is 112 Å². The number of nitrogens with zero attached hydrogens (tertiary/aromatic N) is 3. The van der Waals surface area contributed by atoms with Crippen molar-refractivity contribution in [2.75, 3.05) is 19.6 Å². The summed E-state index contributed by atoms with van der Waals surface area (Å²) in [7, 11) is 0. The number of rotatable bonds is 2. The molecular weight excluding hydrogens is 242 g/mol. The summed E-state index contributed by atoms with van der Waals surface area (Å²) in [4.78, 5) is 21.9. The maximum Gasteiger partial charge on any atom is 0.317 e. The van der Waals surface area contributed by atoms with Crippen LogP contribution in [0.5, 0.6) is 0 Å². The van der Waals surface area contributed by atoms with Crippen LogP contribution in [-0.4, -0.2) is 45.6 Å². The van der Waals surface area contributed by atoms with Crippen LogP contribution in [-0.2, 0) is 16.6 Å². The number of hydrogen-bond acceptors (Lipinski definition) is 4. The van der Waals surface area contributed by atoms with Crippen molar-refractivity contribution in [3.8, 4) is 0 Å². The first kappa shape index (κ1) is 12.5. The van der Waals surface area contributed by atoms with E-state index in [0.717, 1.165) is 44.6 Å². The molecule has 2 aliphatic rings. The van der Waals surface area contributed by atoms with Gasteiger partial charge in [-0.25, -0.2) is 9.97 Å². The van der Waals surface area contributed by atoms with E-state index in [4.69, 9.17) is 5.11 Å². The van der Waals surface area contributed by atoms with Crippen molar-refractivity contribution < 1.29 is 9.90 Å². The van der Waals surface area contributed by atoms with Crippen molar-refractivity contribution in [1.82, 2.24) is 14.9 Å². The molecule has 19 heavy (non-hydrogen) atoms. The zero-order valence-corrected chi connectivity index (χ0v) is 11.2. The Balaban J connectivity index is 1.89. The molecule has 102 valence electrons. The topological polar surface area (TPSA) is 66.3 Å². The summed E-state index contributed by atoms with van der Waals surface area (Å²) in [6.07, 6.45) is 6.22. The number of aromatic nitrogens is 2. The van der Waals surface area contributed by atoms with Gasteiger partial charge in [0, 0.05) is 18.2 Å². The molecule has 0 saturated carbocycles. The molecule has 1 aromatic heterocycles. The molecule has 2 heterocycles. The summed E-state index contributed by atoms with van der Waals surface area (Å²) in [5.41, 5.74) is 2.49. The second-order valence-electron chi connectivity index (χ2n) is 5.78. The second-order valence-corrected chi connectivity index (χ2v) is 5.78. The van der Waals surface area contributed by atoms with Gasteiger partial charge < -0.3 is 5.11 Å². The lowest BCUT2D eigenvalue weighted by molar-refractivity contribution is -0.138. The van der Waals surface area contributed by atoms with Gasteiger partial charge in [0.15, 0.2) is 0 Å². The first-order valence-corrected chi connectivity index (χ1v) is 6.86. The minimum Gasteiger partial charge on any atom is -0.480 e. The van der Waals surface area contributed by atoms with E-state index >= 15 is 0 Å². The Kier molecular flexibility index (Phi) is 3.01. The van der Waals surface area contributed by atoms with Crippen molar-refractivity contribution in [2.24, 2.45) is 0 Å². The van der Waals surface area contributed by atoms with Crippen molar-refractivity contribution in [2.45, 2.75) is 38.0 Å². The summed E-state index contributed by atoms with van der Waals surface area (Å²) >= 11 is 0. The highest BCUT2D eigenvalue weighted by Crippen LogP contribution is 2.43. The minimum absolute atomic E-state index is 0.0662. The van der Waals surface area contributed by atoms with Crippen LogP contribution in [0.2, 0.25) is 0 Å². The predicted octanol–water partition coefficient (Wildman–Crippen LogP) is 1.15. The average molecular weight is 261 g/mol. The van der Waals surface area contributed by atoms with E-state index in [9.17, 15) is 4.79 Å². The standard InChI is InChI=1S/C14H19N3O2/c1-10-15-7-11-3-5-14(13(11)16-10)4-2-6-17(9-14)8-12(18)19/h7H,2-6,8-9H2,1H3,(H,18,19). The normalized spacial score (nSPS) is 26.6. The number of fused-ring (bicyclic) bond motifs is 2. The molecule has 1 saturated heterocycles. The second kappa shape index (κ2) is 4.56. The third-order valence-electron chi connectivity index (χ3n) is 4.38. The predicted molar refractivity (Wildman–Crippen MR) is 70.1 cm³/mol. The molecule has 5 nitrogen and oxygen atoms in total. The van der Waals surface area contributed by atoms with Crippen LogP contribution in [0.4, 0.5) is 0 Å². The molecule has 3 rings (SSSR count). The fourth-order valence-corrected chi connectivity index (χ4v) is 3.58. The Morgan fingerprint density at radius 1 is 1.53 bits per heavy atom. The molecule has 0 amide bonds. The van der Waals surface area contributed by atoms with Crippen LogP contribution < -0.4 is 0 Å². The zero-order valence-electron chi connectivity index (χ0n) is 11.2. The highest BCUT2D eigenvalue weighted by Gasteiger charge is 2.43. The van der Waals surface area contributed by atoms with E-state index in [1.807, 2.05) is 13.1 Å². The molecule has 1 atom stereocenters. The Hall–Kier alpha value is -1.49. The first-order chi connectivity index (χ1) is 9.09. The number of carboxylic acid groups (broad SMARTS) is 1. The molecule has 1 fully saturated rings. The lowest BCUT2D eigenvalue weighted by atomic mass is 9.77. The maximum absolute atomic E-state index is 10.9. The Bertz CT molecular complexity index is 513. The molecular formula is C14H19N3O2. The first-order valence-electron chi connectivity index (χ1n) is 6.86. The molecule has 1 aliphatic carbocycles. The van der Waals surface area contributed by atoms with Crippen molar-refractivity contribution in [1.29, 1.82) is 0 Å². The monoisotopic (exact) mass is 261 g/mol. The van der Waals surface area contributed by atoms with Gasteiger partial charge in [-0.1, -0.05) is 0 Å². The molecule has 1 aliphatic heterocycles.